The van der Waals surface area contributed by atoms with Gasteiger partial charge in [-0.1, -0.05) is 0 Å². The number of aliphatic imine (C=N–C) groups is 1. The van der Waals surface area contributed by atoms with E-state index in [2.05, 4.69) is 47.2 Å². The number of hydrogen-bond acceptors (Lipinski definition) is 4. The summed E-state index contributed by atoms with van der Waals surface area (Å²) in [5.74, 6) is 1.14. The van der Waals surface area contributed by atoms with Gasteiger partial charge in [0.25, 0.3) is 5.91 Å². The fourth-order valence-electron chi connectivity index (χ4n) is 2.23. The number of halogens is 2. The predicted molar refractivity (Wildman–Crippen MR) is 90.9 cm³/mol. The molecule has 0 saturated heterocycles. The van der Waals surface area contributed by atoms with E-state index in [4.69, 9.17) is 4.74 Å². The van der Waals surface area contributed by atoms with E-state index < -0.39 is 0 Å². The molecule has 0 fully saturated rings. The minimum Gasteiger partial charge on any atom is -0.496 e. The molecular weight excluding hydrogens is 414 g/mol. The van der Waals surface area contributed by atoms with Gasteiger partial charge in [0.1, 0.15) is 16.2 Å². The van der Waals surface area contributed by atoms with E-state index in [1.54, 1.807) is 25.4 Å². The van der Waals surface area contributed by atoms with Crippen molar-refractivity contribution < 1.29 is 9.53 Å². The van der Waals surface area contributed by atoms with Crippen LogP contribution in [0.3, 0.4) is 0 Å². The topological polar surface area (TPSA) is 63.6 Å². The summed E-state index contributed by atoms with van der Waals surface area (Å²) in [5.41, 5.74) is 2.28. The molecule has 7 heteroatoms. The molecule has 1 N–H and O–H groups in total. The molecule has 0 aliphatic carbocycles. The SMILES string of the molecule is COc1ccc(Br)c2c1CC(NC(=O)c1ccnc(Br)c1)=N2. The summed E-state index contributed by atoms with van der Waals surface area (Å²) in [6.07, 6.45) is 2.10. The smallest absolute Gasteiger partial charge is 0.256 e. The molecular formula is C15H11Br2N3O2. The van der Waals surface area contributed by atoms with Gasteiger partial charge in [-0.25, -0.2) is 9.98 Å². The number of fused-ring (bicyclic) bond motifs is 1. The highest BCUT2D eigenvalue weighted by atomic mass is 79.9. The Hall–Kier alpha value is -1.73. The van der Waals surface area contributed by atoms with E-state index >= 15 is 0 Å². The summed E-state index contributed by atoms with van der Waals surface area (Å²) in [7, 11) is 1.62. The summed E-state index contributed by atoms with van der Waals surface area (Å²) in [4.78, 5) is 20.7. The monoisotopic (exact) mass is 423 g/mol. The zero-order chi connectivity index (χ0) is 15.7. The number of amidine groups is 1. The minimum absolute atomic E-state index is 0.218. The lowest BCUT2D eigenvalue weighted by Crippen LogP contribution is -2.30. The third-order valence-corrected chi connectivity index (χ3v) is 4.32. The molecule has 0 bridgehead atoms. The van der Waals surface area contributed by atoms with Crippen LogP contribution in [-0.4, -0.2) is 23.8 Å². The lowest BCUT2D eigenvalue weighted by molar-refractivity contribution is 0.0976. The van der Waals surface area contributed by atoms with Crippen molar-refractivity contribution in [2.75, 3.05) is 7.11 Å². The molecule has 22 heavy (non-hydrogen) atoms. The van der Waals surface area contributed by atoms with E-state index in [1.165, 1.54) is 0 Å². The van der Waals surface area contributed by atoms with Gasteiger partial charge in [-0.2, -0.15) is 0 Å². The molecule has 1 aliphatic rings. The van der Waals surface area contributed by atoms with Crippen molar-refractivity contribution in [1.29, 1.82) is 0 Å². The number of benzene rings is 1. The van der Waals surface area contributed by atoms with Crippen molar-refractivity contribution in [3.63, 3.8) is 0 Å². The van der Waals surface area contributed by atoms with Gasteiger partial charge in [-0.3, -0.25) is 4.79 Å². The lowest BCUT2D eigenvalue weighted by Gasteiger charge is -2.07. The standard InChI is InChI=1S/C15H11Br2N3O2/c1-22-11-3-2-10(16)14-9(11)7-13(19-14)20-15(21)8-4-5-18-12(17)6-8/h2-6H,7H2,1H3,(H,19,20,21). The Bertz CT molecular complexity index is 790. The molecule has 1 aromatic heterocycles. The van der Waals surface area contributed by atoms with Crippen LogP contribution in [0.2, 0.25) is 0 Å². The molecule has 112 valence electrons. The van der Waals surface area contributed by atoms with Crippen LogP contribution in [0.25, 0.3) is 0 Å². The van der Waals surface area contributed by atoms with E-state index in [0.29, 0.717) is 22.4 Å². The summed E-state index contributed by atoms with van der Waals surface area (Å²) in [6, 6.07) is 7.07. The number of carbonyl (C=O) groups is 1. The number of nitrogens with one attached hydrogen (secondary N) is 1. The first kappa shape index (κ1) is 15.2. The van der Waals surface area contributed by atoms with Crippen LogP contribution >= 0.6 is 31.9 Å². The first-order valence-corrected chi connectivity index (χ1v) is 8.03. The molecule has 0 saturated carbocycles. The second-order valence-electron chi connectivity index (χ2n) is 4.63. The Kier molecular flexibility index (Phi) is 4.26. The van der Waals surface area contributed by atoms with E-state index in [-0.39, 0.29) is 5.91 Å². The molecule has 0 unspecified atom stereocenters. The summed E-state index contributed by atoms with van der Waals surface area (Å²) in [5, 5.41) is 2.83. The van der Waals surface area contributed by atoms with Crippen LogP contribution in [0, 0.1) is 0 Å². The van der Waals surface area contributed by atoms with Crippen molar-refractivity contribution in [1.82, 2.24) is 10.3 Å². The first-order valence-electron chi connectivity index (χ1n) is 6.44. The van der Waals surface area contributed by atoms with E-state index in [9.17, 15) is 4.79 Å². The highest BCUT2D eigenvalue weighted by molar-refractivity contribution is 9.10. The molecule has 0 atom stereocenters. The largest absolute Gasteiger partial charge is 0.496 e. The third-order valence-electron chi connectivity index (χ3n) is 3.25. The summed E-state index contributed by atoms with van der Waals surface area (Å²) < 4.78 is 6.83. The predicted octanol–water partition coefficient (Wildman–Crippen LogP) is 3.63. The van der Waals surface area contributed by atoms with Gasteiger partial charge in [-0.05, 0) is 56.1 Å². The van der Waals surface area contributed by atoms with Gasteiger partial charge in [0.2, 0.25) is 0 Å². The van der Waals surface area contributed by atoms with Crippen molar-refractivity contribution in [2.24, 2.45) is 4.99 Å². The summed E-state index contributed by atoms with van der Waals surface area (Å²) >= 11 is 6.72. The van der Waals surface area contributed by atoms with Crippen molar-refractivity contribution in [2.45, 2.75) is 6.42 Å². The van der Waals surface area contributed by atoms with Gasteiger partial charge in [0, 0.05) is 28.2 Å². The zero-order valence-corrected chi connectivity index (χ0v) is 14.7. The van der Waals surface area contributed by atoms with Crippen LogP contribution in [0.5, 0.6) is 5.75 Å². The number of hydrogen-bond donors (Lipinski definition) is 1. The van der Waals surface area contributed by atoms with Crippen LogP contribution in [-0.2, 0) is 6.42 Å². The normalized spacial score (nSPS) is 12.6. The number of amides is 1. The molecule has 1 amide bonds. The van der Waals surface area contributed by atoms with E-state index in [1.807, 2.05) is 12.1 Å². The third kappa shape index (κ3) is 2.91. The highest BCUT2D eigenvalue weighted by Crippen LogP contribution is 2.39. The van der Waals surface area contributed by atoms with Crippen LogP contribution in [0.4, 0.5) is 5.69 Å². The number of carbonyl (C=O) groups excluding carboxylic acids is 1. The number of pyridine rings is 1. The average Bonchev–Trinajstić information content (AvgIpc) is 2.92. The van der Waals surface area contributed by atoms with Gasteiger partial charge in [0.15, 0.2) is 0 Å². The molecule has 2 aromatic rings. The number of methoxy groups -OCH3 is 1. The second kappa shape index (κ2) is 6.18. The number of aromatic nitrogens is 1. The number of rotatable bonds is 2. The Morgan fingerprint density at radius 3 is 2.86 bits per heavy atom. The number of ether oxygens (including phenoxy) is 1. The zero-order valence-electron chi connectivity index (χ0n) is 11.6. The van der Waals surface area contributed by atoms with E-state index in [0.717, 1.165) is 21.5 Å². The van der Waals surface area contributed by atoms with Gasteiger partial charge in [-0.15, -0.1) is 0 Å². The first-order chi connectivity index (χ1) is 10.6. The van der Waals surface area contributed by atoms with Crippen molar-refractivity contribution >= 4 is 49.3 Å². The fourth-order valence-corrected chi connectivity index (χ4v) is 3.06. The molecule has 3 rings (SSSR count). The Balaban J connectivity index is 1.83. The lowest BCUT2D eigenvalue weighted by atomic mass is 10.1. The maximum absolute atomic E-state index is 12.3. The molecule has 0 radical (unpaired) electrons. The minimum atomic E-state index is -0.218. The van der Waals surface area contributed by atoms with Crippen molar-refractivity contribution in [3.8, 4) is 5.75 Å². The average molecular weight is 425 g/mol. The molecule has 1 aromatic carbocycles. The summed E-state index contributed by atoms with van der Waals surface area (Å²) in [6.45, 7) is 0. The maximum Gasteiger partial charge on any atom is 0.256 e. The number of nitrogens with zero attached hydrogens (tertiary/aromatic N) is 2. The molecule has 0 spiro atoms. The van der Waals surface area contributed by atoms with Crippen LogP contribution in [0.15, 0.2) is 44.5 Å². The Morgan fingerprint density at radius 2 is 2.14 bits per heavy atom. The molecule has 1 aliphatic heterocycles. The van der Waals surface area contributed by atoms with Crippen LogP contribution in [0.1, 0.15) is 15.9 Å². The van der Waals surface area contributed by atoms with Gasteiger partial charge in [0.05, 0.1) is 12.8 Å². The molecule has 5 nitrogen and oxygen atoms in total. The Labute approximate surface area is 144 Å². The second-order valence-corrected chi connectivity index (χ2v) is 6.30. The fraction of sp³-hybridized carbons (Fsp3) is 0.133. The molecule has 2 heterocycles. The van der Waals surface area contributed by atoms with Crippen LogP contribution < -0.4 is 10.1 Å². The van der Waals surface area contributed by atoms with Crippen molar-refractivity contribution in [3.05, 3.63) is 50.7 Å². The maximum atomic E-state index is 12.3. The van der Waals surface area contributed by atoms with Gasteiger partial charge >= 0.3 is 0 Å². The Morgan fingerprint density at radius 1 is 1.32 bits per heavy atom. The quantitative estimate of drug-likeness (QED) is 0.748. The van der Waals surface area contributed by atoms with Gasteiger partial charge < -0.3 is 10.1 Å². The highest BCUT2D eigenvalue weighted by Gasteiger charge is 2.22.